The van der Waals surface area contributed by atoms with Crippen LogP contribution in [-0.2, 0) is 11.2 Å². The van der Waals surface area contributed by atoms with Gasteiger partial charge in [0, 0.05) is 35.5 Å². The van der Waals surface area contributed by atoms with E-state index < -0.39 is 4.92 Å². The highest BCUT2D eigenvalue weighted by Crippen LogP contribution is 2.20. The summed E-state index contributed by atoms with van der Waals surface area (Å²) in [6.45, 7) is 0.553. The summed E-state index contributed by atoms with van der Waals surface area (Å²) in [5.41, 5.74) is 0.416. The molecule has 2 aromatic rings. The van der Waals surface area contributed by atoms with E-state index in [4.69, 9.17) is 0 Å². The summed E-state index contributed by atoms with van der Waals surface area (Å²) in [7, 11) is 0. The maximum Gasteiger partial charge on any atom is 0.273 e. The lowest BCUT2D eigenvalue weighted by Crippen LogP contribution is -2.26. The fourth-order valence-electron chi connectivity index (χ4n) is 1.81. The van der Waals surface area contributed by atoms with Crippen LogP contribution in [0.3, 0.4) is 0 Å². The smallest absolute Gasteiger partial charge is 0.273 e. The molecule has 1 N–H and O–H groups in total. The number of aromatic nitrogens is 1. The second kappa shape index (κ2) is 8.50. The zero-order chi connectivity index (χ0) is 15.8. The zero-order valence-corrected chi connectivity index (χ0v) is 13.4. The van der Waals surface area contributed by atoms with Crippen molar-refractivity contribution in [3.63, 3.8) is 0 Å². The van der Waals surface area contributed by atoms with Crippen molar-refractivity contribution < 1.29 is 9.72 Å². The van der Waals surface area contributed by atoms with Gasteiger partial charge >= 0.3 is 0 Å². The van der Waals surface area contributed by atoms with Crippen LogP contribution in [0.25, 0.3) is 0 Å². The molecular weight excluding hydrogens is 322 g/mol. The molecule has 116 valence electrons. The lowest BCUT2D eigenvalue weighted by molar-refractivity contribution is -0.385. The second-order valence-electron chi connectivity index (χ2n) is 4.41. The molecule has 1 aromatic carbocycles. The van der Waals surface area contributed by atoms with Crippen LogP contribution in [0.2, 0.25) is 0 Å². The van der Waals surface area contributed by atoms with Crippen molar-refractivity contribution in [1.82, 2.24) is 10.3 Å². The average Bonchev–Trinajstić information content (AvgIpc) is 3.00. The maximum absolute atomic E-state index is 11.8. The van der Waals surface area contributed by atoms with E-state index >= 15 is 0 Å². The van der Waals surface area contributed by atoms with Gasteiger partial charge in [0.1, 0.15) is 4.34 Å². The number of hydrogen-bond acceptors (Lipinski definition) is 6. The number of rotatable bonds is 8. The Hall–Kier alpha value is -1.93. The molecule has 0 saturated carbocycles. The lowest BCUT2D eigenvalue weighted by Gasteiger charge is -2.05. The molecule has 2 rings (SSSR count). The maximum atomic E-state index is 11.8. The fraction of sp³-hybridized carbons (Fsp3) is 0.286. The van der Waals surface area contributed by atoms with Crippen molar-refractivity contribution in [2.45, 2.75) is 17.2 Å². The van der Waals surface area contributed by atoms with Gasteiger partial charge in [0.15, 0.2) is 0 Å². The first-order valence-electron chi connectivity index (χ1n) is 6.68. The largest absolute Gasteiger partial charge is 0.356 e. The Bertz CT molecular complexity index is 632. The highest BCUT2D eigenvalue weighted by molar-refractivity contribution is 8.00. The number of hydrogen-bond donors (Lipinski definition) is 1. The molecule has 0 bridgehead atoms. The summed E-state index contributed by atoms with van der Waals surface area (Å²) in [5, 5.41) is 15.6. The summed E-state index contributed by atoms with van der Waals surface area (Å²) in [6.07, 6.45) is 2.62. The number of nitro groups is 1. The highest BCUT2D eigenvalue weighted by Gasteiger charge is 2.14. The Morgan fingerprint density at radius 2 is 2.23 bits per heavy atom. The van der Waals surface area contributed by atoms with Gasteiger partial charge in [-0.1, -0.05) is 30.0 Å². The number of para-hydroxylation sites is 1. The summed E-state index contributed by atoms with van der Waals surface area (Å²) in [5.74, 6) is 0.674. The predicted molar refractivity (Wildman–Crippen MR) is 87.3 cm³/mol. The molecule has 1 amide bonds. The van der Waals surface area contributed by atoms with E-state index in [-0.39, 0.29) is 18.0 Å². The molecule has 6 nitrogen and oxygen atoms in total. The lowest BCUT2D eigenvalue weighted by atomic mass is 10.1. The molecule has 1 heterocycles. The molecule has 0 spiro atoms. The summed E-state index contributed by atoms with van der Waals surface area (Å²) >= 11 is 3.25. The minimum Gasteiger partial charge on any atom is -0.356 e. The number of amides is 1. The van der Waals surface area contributed by atoms with Gasteiger partial charge in [-0.25, -0.2) is 4.98 Å². The van der Waals surface area contributed by atoms with Crippen LogP contribution in [0.5, 0.6) is 0 Å². The molecule has 0 fully saturated rings. The molecule has 0 unspecified atom stereocenters. The molecule has 0 saturated heterocycles. The third kappa shape index (κ3) is 5.12. The van der Waals surface area contributed by atoms with Crippen molar-refractivity contribution in [3.8, 4) is 0 Å². The Kier molecular flexibility index (Phi) is 6.35. The molecular formula is C14H15N3O3S2. The Morgan fingerprint density at radius 1 is 1.41 bits per heavy atom. The van der Waals surface area contributed by atoms with E-state index in [0.29, 0.717) is 12.1 Å². The van der Waals surface area contributed by atoms with E-state index in [0.717, 1.165) is 16.5 Å². The number of carbonyl (C=O) groups excluding carboxylic acids is 1. The quantitative estimate of drug-likeness (QED) is 0.346. The van der Waals surface area contributed by atoms with Gasteiger partial charge < -0.3 is 5.32 Å². The van der Waals surface area contributed by atoms with Crippen LogP contribution in [0.4, 0.5) is 5.69 Å². The van der Waals surface area contributed by atoms with Crippen LogP contribution in [0, 0.1) is 10.1 Å². The van der Waals surface area contributed by atoms with Gasteiger partial charge in [-0.15, -0.1) is 11.3 Å². The molecule has 0 atom stereocenters. The number of nitrogens with zero attached hydrogens (tertiary/aromatic N) is 2. The van der Waals surface area contributed by atoms with Crippen molar-refractivity contribution in [3.05, 3.63) is 51.5 Å². The molecule has 1 aromatic heterocycles. The summed E-state index contributed by atoms with van der Waals surface area (Å²) in [6, 6.07) is 6.30. The number of benzene rings is 1. The first-order chi connectivity index (χ1) is 10.7. The van der Waals surface area contributed by atoms with Gasteiger partial charge in [-0.05, 0) is 6.42 Å². The first kappa shape index (κ1) is 16.4. The Labute approximate surface area is 136 Å². The third-order valence-corrected chi connectivity index (χ3v) is 4.87. The molecule has 0 radical (unpaired) electrons. The second-order valence-corrected chi connectivity index (χ2v) is 6.65. The van der Waals surface area contributed by atoms with Crippen molar-refractivity contribution >= 4 is 34.7 Å². The molecule has 0 aliphatic heterocycles. The summed E-state index contributed by atoms with van der Waals surface area (Å²) in [4.78, 5) is 26.4. The van der Waals surface area contributed by atoms with Crippen LogP contribution in [0.15, 0.2) is 40.2 Å². The van der Waals surface area contributed by atoms with Crippen molar-refractivity contribution in [2.75, 3.05) is 12.3 Å². The van der Waals surface area contributed by atoms with Gasteiger partial charge in [-0.3, -0.25) is 14.9 Å². The van der Waals surface area contributed by atoms with Crippen LogP contribution >= 0.6 is 23.1 Å². The van der Waals surface area contributed by atoms with Gasteiger partial charge in [-0.2, -0.15) is 0 Å². The average molecular weight is 337 g/mol. The van der Waals surface area contributed by atoms with Gasteiger partial charge in [0.2, 0.25) is 5.91 Å². The molecule has 0 aliphatic carbocycles. The Morgan fingerprint density at radius 3 is 2.95 bits per heavy atom. The highest BCUT2D eigenvalue weighted by atomic mass is 32.2. The van der Waals surface area contributed by atoms with Gasteiger partial charge in [0.05, 0.1) is 11.3 Å². The van der Waals surface area contributed by atoms with Crippen LogP contribution in [0.1, 0.15) is 12.0 Å². The number of carbonyl (C=O) groups is 1. The third-order valence-electron chi connectivity index (χ3n) is 2.82. The number of nitrogens with one attached hydrogen (secondary N) is 1. The molecule has 22 heavy (non-hydrogen) atoms. The van der Waals surface area contributed by atoms with Crippen molar-refractivity contribution in [2.24, 2.45) is 0 Å². The minimum absolute atomic E-state index is 0.0167. The number of thioether (sulfide) groups is 1. The van der Waals surface area contributed by atoms with E-state index in [2.05, 4.69) is 10.3 Å². The monoisotopic (exact) mass is 337 g/mol. The van der Waals surface area contributed by atoms with E-state index in [1.807, 2.05) is 5.38 Å². The van der Waals surface area contributed by atoms with E-state index in [1.165, 1.54) is 6.07 Å². The first-order valence-corrected chi connectivity index (χ1v) is 8.54. The molecule has 8 heteroatoms. The van der Waals surface area contributed by atoms with Crippen molar-refractivity contribution in [1.29, 1.82) is 0 Å². The molecule has 0 aliphatic rings. The van der Waals surface area contributed by atoms with Gasteiger partial charge in [0.25, 0.3) is 5.69 Å². The van der Waals surface area contributed by atoms with Crippen LogP contribution in [-0.4, -0.2) is 28.1 Å². The SMILES string of the molecule is O=C(Cc1ccccc1[N+](=O)[O-])NCCCSc1nccs1. The van der Waals surface area contributed by atoms with E-state index in [9.17, 15) is 14.9 Å². The number of thiazole rings is 1. The standard InChI is InChI=1S/C14H15N3O3S2/c18-13(10-11-4-1-2-5-12(11)17(19)20)15-6-3-8-21-14-16-7-9-22-14/h1-2,4-5,7,9H,3,6,8,10H2,(H,15,18). The topological polar surface area (TPSA) is 85.1 Å². The van der Waals surface area contributed by atoms with Crippen LogP contribution < -0.4 is 5.32 Å². The normalized spacial score (nSPS) is 10.4. The fourth-order valence-corrected chi connectivity index (χ4v) is 3.46. The predicted octanol–water partition coefficient (Wildman–Crippen LogP) is 2.89. The summed E-state index contributed by atoms with van der Waals surface area (Å²) < 4.78 is 1.02. The van der Waals surface area contributed by atoms with E-state index in [1.54, 1.807) is 47.5 Å². The zero-order valence-electron chi connectivity index (χ0n) is 11.7. The Balaban J connectivity index is 1.71. The number of nitro benzene ring substituents is 1. The minimum atomic E-state index is -0.465.